The topological polar surface area (TPSA) is 37.8 Å². The molecule has 5 heteroatoms. The van der Waals surface area contributed by atoms with Crippen molar-refractivity contribution >= 4 is 5.82 Å². The third-order valence-corrected chi connectivity index (χ3v) is 5.41. The van der Waals surface area contributed by atoms with Gasteiger partial charge in [-0.2, -0.15) is 0 Å². The van der Waals surface area contributed by atoms with E-state index in [4.69, 9.17) is 9.47 Å². The van der Waals surface area contributed by atoms with Crippen LogP contribution in [-0.2, 0) is 4.74 Å². The summed E-state index contributed by atoms with van der Waals surface area (Å²) in [6, 6.07) is 4.01. The third kappa shape index (κ3) is 4.15. The molecule has 0 amide bonds. The lowest BCUT2D eigenvalue weighted by molar-refractivity contribution is -0.0835. The van der Waals surface area contributed by atoms with Crippen LogP contribution in [0.2, 0.25) is 0 Å². The quantitative estimate of drug-likeness (QED) is 0.805. The van der Waals surface area contributed by atoms with Gasteiger partial charge >= 0.3 is 0 Å². The fraction of sp³-hybridized carbons (Fsp3) is 0.722. The molecule has 0 saturated carbocycles. The van der Waals surface area contributed by atoms with Crippen LogP contribution in [0.5, 0.6) is 5.75 Å². The van der Waals surface area contributed by atoms with Crippen molar-refractivity contribution < 1.29 is 9.47 Å². The molecule has 2 heterocycles. The molecule has 0 spiro atoms. The monoisotopic (exact) mass is 321 g/mol. The van der Waals surface area contributed by atoms with Crippen LogP contribution in [0.3, 0.4) is 0 Å². The van der Waals surface area contributed by atoms with Gasteiger partial charge in [-0.15, -0.1) is 0 Å². The van der Waals surface area contributed by atoms with Crippen LogP contribution in [0.25, 0.3) is 0 Å². The number of anilines is 1. The van der Waals surface area contributed by atoms with Gasteiger partial charge in [0.2, 0.25) is 0 Å². The molecule has 0 aromatic carbocycles. The Hall–Kier alpha value is -1.33. The Bertz CT molecular complexity index is 491. The minimum Gasteiger partial charge on any atom is -0.495 e. The van der Waals surface area contributed by atoms with Crippen LogP contribution in [0.15, 0.2) is 18.3 Å². The zero-order valence-electron chi connectivity index (χ0n) is 15.4. The summed E-state index contributed by atoms with van der Waals surface area (Å²) in [7, 11) is 3.47. The van der Waals surface area contributed by atoms with E-state index in [0.29, 0.717) is 0 Å². The first-order chi connectivity index (χ1) is 10.8. The second-order valence-electron chi connectivity index (χ2n) is 7.42. The molecule has 1 saturated heterocycles. The van der Waals surface area contributed by atoms with E-state index in [0.717, 1.165) is 44.3 Å². The highest BCUT2D eigenvalue weighted by Gasteiger charge is 2.38. The van der Waals surface area contributed by atoms with Gasteiger partial charge in [-0.25, -0.2) is 4.98 Å². The van der Waals surface area contributed by atoms with E-state index in [1.165, 1.54) is 0 Å². The number of methoxy groups -OCH3 is 2. The number of piperazine rings is 1. The molecule has 130 valence electrons. The molecule has 0 unspecified atom stereocenters. The van der Waals surface area contributed by atoms with Gasteiger partial charge in [-0.3, -0.25) is 4.90 Å². The van der Waals surface area contributed by atoms with Crippen LogP contribution >= 0.6 is 0 Å². The van der Waals surface area contributed by atoms with Crippen molar-refractivity contribution in [3.05, 3.63) is 18.3 Å². The van der Waals surface area contributed by atoms with E-state index in [2.05, 4.69) is 42.5 Å². The number of aromatic nitrogens is 1. The number of nitrogens with zero attached hydrogens (tertiary/aromatic N) is 3. The lowest BCUT2D eigenvalue weighted by atomic mass is 9.76. The summed E-state index contributed by atoms with van der Waals surface area (Å²) in [4.78, 5) is 9.35. The molecular weight excluding hydrogens is 290 g/mol. The third-order valence-electron chi connectivity index (χ3n) is 5.41. The molecule has 1 aromatic heterocycles. The standard InChI is InChI=1S/C18H31N3O2/c1-17(2,18(3,4)23-6)14-20-9-11-21(12-10-20)16-8-7-15(22-5)13-19-16/h7-8,13H,9-12,14H2,1-6H3. The molecular formula is C18H31N3O2. The molecule has 23 heavy (non-hydrogen) atoms. The highest BCUT2D eigenvalue weighted by molar-refractivity contribution is 5.41. The van der Waals surface area contributed by atoms with E-state index < -0.39 is 0 Å². The Balaban J connectivity index is 1.90. The van der Waals surface area contributed by atoms with Crippen molar-refractivity contribution in [2.45, 2.75) is 33.3 Å². The predicted octanol–water partition coefficient (Wildman–Crippen LogP) is 2.66. The van der Waals surface area contributed by atoms with Crippen LogP contribution < -0.4 is 9.64 Å². The largest absolute Gasteiger partial charge is 0.495 e. The van der Waals surface area contributed by atoms with Crippen molar-refractivity contribution in [1.29, 1.82) is 0 Å². The maximum atomic E-state index is 5.70. The number of rotatable bonds is 6. The zero-order chi connectivity index (χ0) is 17.1. The van der Waals surface area contributed by atoms with Gasteiger partial charge in [0, 0.05) is 45.2 Å². The number of ether oxygens (including phenoxy) is 2. The van der Waals surface area contributed by atoms with Crippen molar-refractivity contribution in [1.82, 2.24) is 9.88 Å². The predicted molar refractivity (Wildman–Crippen MR) is 94.3 cm³/mol. The first-order valence-electron chi connectivity index (χ1n) is 8.31. The van der Waals surface area contributed by atoms with Gasteiger partial charge in [-0.05, 0) is 26.0 Å². The van der Waals surface area contributed by atoms with Gasteiger partial charge in [0.15, 0.2) is 0 Å². The highest BCUT2D eigenvalue weighted by atomic mass is 16.5. The minimum absolute atomic E-state index is 0.0995. The normalized spacial score (nSPS) is 17.4. The van der Waals surface area contributed by atoms with Crippen LogP contribution in [-0.4, -0.2) is 62.4 Å². The SMILES string of the molecule is COc1ccc(N2CCN(CC(C)(C)C(C)(C)OC)CC2)nc1. The molecule has 0 aliphatic carbocycles. The Labute approximate surface area is 140 Å². The smallest absolute Gasteiger partial charge is 0.137 e. The molecule has 0 radical (unpaired) electrons. The van der Waals surface area contributed by atoms with E-state index in [1.54, 1.807) is 20.4 Å². The average molecular weight is 321 g/mol. The highest BCUT2D eigenvalue weighted by Crippen LogP contribution is 2.34. The van der Waals surface area contributed by atoms with Crippen LogP contribution in [0.1, 0.15) is 27.7 Å². The van der Waals surface area contributed by atoms with Crippen molar-refractivity contribution in [3.8, 4) is 5.75 Å². The van der Waals surface area contributed by atoms with Crippen molar-refractivity contribution in [2.75, 3.05) is 51.8 Å². The van der Waals surface area contributed by atoms with Gasteiger partial charge in [0.25, 0.3) is 0 Å². The molecule has 0 atom stereocenters. The first kappa shape index (κ1) is 18.0. The molecule has 1 fully saturated rings. The summed E-state index contributed by atoms with van der Waals surface area (Å²) >= 11 is 0. The summed E-state index contributed by atoms with van der Waals surface area (Å²) in [6.45, 7) is 14.1. The molecule has 5 nitrogen and oxygen atoms in total. The van der Waals surface area contributed by atoms with Gasteiger partial charge in [-0.1, -0.05) is 13.8 Å². The Kier molecular flexibility index (Phi) is 5.53. The maximum absolute atomic E-state index is 5.70. The van der Waals surface area contributed by atoms with Crippen LogP contribution in [0, 0.1) is 5.41 Å². The summed E-state index contributed by atoms with van der Waals surface area (Å²) < 4.78 is 10.9. The number of pyridine rings is 1. The van der Waals surface area contributed by atoms with Gasteiger partial charge < -0.3 is 14.4 Å². The summed E-state index contributed by atoms with van der Waals surface area (Å²) in [6.07, 6.45) is 1.78. The average Bonchev–Trinajstić information content (AvgIpc) is 2.55. The van der Waals surface area contributed by atoms with E-state index in [1.807, 2.05) is 12.1 Å². The Morgan fingerprint density at radius 1 is 1.04 bits per heavy atom. The molecule has 1 aliphatic heterocycles. The lowest BCUT2D eigenvalue weighted by Gasteiger charge is -2.45. The summed E-state index contributed by atoms with van der Waals surface area (Å²) in [5.41, 5.74) is -0.0377. The fourth-order valence-electron chi connectivity index (χ4n) is 2.84. The number of hydrogen-bond donors (Lipinski definition) is 0. The Morgan fingerprint density at radius 2 is 1.70 bits per heavy atom. The number of hydrogen-bond acceptors (Lipinski definition) is 5. The molecule has 2 rings (SSSR count). The van der Waals surface area contributed by atoms with Crippen molar-refractivity contribution in [2.24, 2.45) is 5.41 Å². The van der Waals surface area contributed by atoms with E-state index in [9.17, 15) is 0 Å². The minimum atomic E-state index is -0.137. The molecule has 0 N–H and O–H groups in total. The second kappa shape index (κ2) is 7.05. The zero-order valence-corrected chi connectivity index (χ0v) is 15.4. The second-order valence-corrected chi connectivity index (χ2v) is 7.42. The lowest BCUT2D eigenvalue weighted by Crippen LogP contribution is -2.53. The van der Waals surface area contributed by atoms with E-state index >= 15 is 0 Å². The van der Waals surface area contributed by atoms with Crippen LogP contribution in [0.4, 0.5) is 5.82 Å². The fourth-order valence-corrected chi connectivity index (χ4v) is 2.84. The molecule has 1 aliphatic rings. The first-order valence-corrected chi connectivity index (χ1v) is 8.31. The van der Waals surface area contributed by atoms with Gasteiger partial charge in [0.05, 0.1) is 18.9 Å². The maximum Gasteiger partial charge on any atom is 0.137 e. The molecule has 1 aromatic rings. The Morgan fingerprint density at radius 3 is 2.17 bits per heavy atom. The molecule has 0 bridgehead atoms. The van der Waals surface area contributed by atoms with Crippen molar-refractivity contribution in [3.63, 3.8) is 0 Å². The van der Waals surface area contributed by atoms with Gasteiger partial charge in [0.1, 0.15) is 11.6 Å². The summed E-state index contributed by atoms with van der Waals surface area (Å²) in [5, 5.41) is 0. The summed E-state index contributed by atoms with van der Waals surface area (Å²) in [5.74, 6) is 1.83. The van der Waals surface area contributed by atoms with E-state index in [-0.39, 0.29) is 11.0 Å².